The third kappa shape index (κ3) is 2.50. The van der Waals surface area contributed by atoms with Gasteiger partial charge in [0, 0.05) is 11.2 Å². The lowest BCUT2D eigenvalue weighted by atomic mass is 10.3. The van der Waals surface area contributed by atoms with Crippen LogP contribution in [0.4, 0.5) is 5.69 Å². The van der Waals surface area contributed by atoms with E-state index in [1.54, 1.807) is 40.9 Å². The van der Waals surface area contributed by atoms with Gasteiger partial charge in [-0.3, -0.25) is 4.40 Å². The molecule has 102 valence electrons. The Balaban J connectivity index is 1.86. The summed E-state index contributed by atoms with van der Waals surface area (Å²) >= 11 is 11.8. The van der Waals surface area contributed by atoms with E-state index in [2.05, 4.69) is 10.2 Å². The molecule has 0 aliphatic heterocycles. The second-order valence-corrected chi connectivity index (χ2v) is 5.04. The molecule has 0 fully saturated rings. The van der Waals surface area contributed by atoms with Gasteiger partial charge in [0.15, 0.2) is 11.5 Å². The maximum absolute atomic E-state index is 5.98. The third-order valence-corrected chi connectivity index (χ3v) is 3.21. The van der Waals surface area contributed by atoms with Crippen molar-refractivity contribution in [1.82, 2.24) is 14.6 Å². The Hall–Kier alpha value is -1.98. The fourth-order valence-electron chi connectivity index (χ4n) is 1.81. The van der Waals surface area contributed by atoms with Crippen molar-refractivity contribution in [3.63, 3.8) is 0 Å². The van der Waals surface area contributed by atoms with Crippen LogP contribution in [0.2, 0.25) is 10.0 Å². The van der Waals surface area contributed by atoms with E-state index in [0.29, 0.717) is 33.0 Å². The molecule has 0 radical (unpaired) electrons. The van der Waals surface area contributed by atoms with Crippen LogP contribution in [0, 0.1) is 0 Å². The van der Waals surface area contributed by atoms with Crippen molar-refractivity contribution in [2.45, 2.75) is 6.61 Å². The fourth-order valence-corrected chi connectivity index (χ4v) is 2.15. The van der Waals surface area contributed by atoms with Gasteiger partial charge in [-0.25, -0.2) is 0 Å². The highest BCUT2D eigenvalue weighted by Crippen LogP contribution is 2.20. The summed E-state index contributed by atoms with van der Waals surface area (Å²) in [5.74, 6) is 1.31. The van der Waals surface area contributed by atoms with Crippen LogP contribution in [-0.4, -0.2) is 14.6 Å². The SMILES string of the molecule is Nc1cc(Cl)cn2c(COc3ccc(Cl)cc3)nnc12. The van der Waals surface area contributed by atoms with Crippen molar-refractivity contribution in [1.29, 1.82) is 0 Å². The van der Waals surface area contributed by atoms with Crippen LogP contribution < -0.4 is 10.5 Å². The zero-order chi connectivity index (χ0) is 14.1. The number of rotatable bonds is 3. The van der Waals surface area contributed by atoms with Crippen molar-refractivity contribution in [2.24, 2.45) is 0 Å². The molecule has 0 saturated heterocycles. The average molecular weight is 309 g/mol. The fraction of sp³-hybridized carbons (Fsp3) is 0.0769. The number of nitrogens with zero attached hydrogens (tertiary/aromatic N) is 3. The van der Waals surface area contributed by atoms with Crippen LogP contribution in [-0.2, 0) is 6.61 Å². The van der Waals surface area contributed by atoms with Gasteiger partial charge >= 0.3 is 0 Å². The Morgan fingerprint density at radius 2 is 1.85 bits per heavy atom. The lowest BCUT2D eigenvalue weighted by molar-refractivity contribution is 0.294. The summed E-state index contributed by atoms with van der Waals surface area (Å²) in [5, 5.41) is 9.24. The van der Waals surface area contributed by atoms with Gasteiger partial charge in [0.1, 0.15) is 12.4 Å². The minimum Gasteiger partial charge on any atom is -0.486 e. The Bertz CT molecular complexity index is 755. The van der Waals surface area contributed by atoms with Gasteiger partial charge in [-0.05, 0) is 30.3 Å². The smallest absolute Gasteiger partial charge is 0.184 e. The zero-order valence-electron chi connectivity index (χ0n) is 10.3. The van der Waals surface area contributed by atoms with Gasteiger partial charge in [-0.2, -0.15) is 0 Å². The van der Waals surface area contributed by atoms with Gasteiger partial charge in [0.05, 0.1) is 10.7 Å². The van der Waals surface area contributed by atoms with E-state index >= 15 is 0 Å². The average Bonchev–Trinajstić information content (AvgIpc) is 2.81. The Kier molecular flexibility index (Phi) is 3.38. The van der Waals surface area contributed by atoms with Gasteiger partial charge in [-0.15, -0.1) is 10.2 Å². The van der Waals surface area contributed by atoms with Crippen LogP contribution in [0.1, 0.15) is 5.82 Å². The topological polar surface area (TPSA) is 65.4 Å². The van der Waals surface area contributed by atoms with Crippen LogP contribution in [0.15, 0.2) is 36.5 Å². The van der Waals surface area contributed by atoms with E-state index in [0.717, 1.165) is 0 Å². The molecule has 20 heavy (non-hydrogen) atoms. The Labute approximate surface area is 124 Å². The molecule has 0 unspecified atom stereocenters. The van der Waals surface area contributed by atoms with E-state index in [-0.39, 0.29) is 6.61 Å². The number of hydrogen-bond acceptors (Lipinski definition) is 4. The molecule has 7 heteroatoms. The van der Waals surface area contributed by atoms with Crippen molar-refractivity contribution in [2.75, 3.05) is 5.73 Å². The number of hydrogen-bond donors (Lipinski definition) is 1. The van der Waals surface area contributed by atoms with Crippen LogP contribution in [0.3, 0.4) is 0 Å². The molecule has 3 rings (SSSR count). The number of anilines is 1. The summed E-state index contributed by atoms with van der Waals surface area (Å²) < 4.78 is 7.34. The zero-order valence-corrected chi connectivity index (χ0v) is 11.8. The molecule has 2 aromatic heterocycles. The highest BCUT2D eigenvalue weighted by molar-refractivity contribution is 6.31. The van der Waals surface area contributed by atoms with E-state index in [9.17, 15) is 0 Å². The number of pyridine rings is 1. The first-order valence-corrected chi connectivity index (χ1v) is 6.56. The Morgan fingerprint density at radius 3 is 2.60 bits per heavy atom. The van der Waals surface area contributed by atoms with Gasteiger partial charge < -0.3 is 10.5 Å². The third-order valence-electron chi connectivity index (χ3n) is 2.75. The molecule has 5 nitrogen and oxygen atoms in total. The summed E-state index contributed by atoms with van der Waals surface area (Å²) in [6.07, 6.45) is 1.70. The van der Waals surface area contributed by atoms with Crippen molar-refractivity contribution in [3.8, 4) is 5.75 Å². The van der Waals surface area contributed by atoms with Gasteiger partial charge in [0.2, 0.25) is 0 Å². The normalized spacial score (nSPS) is 10.9. The molecule has 2 N–H and O–H groups in total. The first kappa shape index (κ1) is 13.0. The van der Waals surface area contributed by atoms with E-state index in [1.165, 1.54) is 0 Å². The maximum atomic E-state index is 5.98. The standard InChI is InChI=1S/C13H10Cl2N4O/c14-8-1-3-10(4-2-8)20-7-12-17-18-13-11(16)5-9(15)6-19(12)13/h1-6H,7,16H2. The predicted molar refractivity (Wildman–Crippen MR) is 78.2 cm³/mol. The minimum absolute atomic E-state index is 0.253. The summed E-state index contributed by atoms with van der Waals surface area (Å²) in [5.41, 5.74) is 6.87. The molecule has 0 bridgehead atoms. The van der Waals surface area contributed by atoms with Crippen LogP contribution in [0.25, 0.3) is 5.65 Å². The first-order valence-electron chi connectivity index (χ1n) is 5.80. The molecule has 0 atom stereocenters. The van der Waals surface area contributed by atoms with Crippen LogP contribution in [0.5, 0.6) is 5.75 Å². The molecule has 0 aliphatic rings. The van der Waals surface area contributed by atoms with E-state index in [1.807, 2.05) is 0 Å². The summed E-state index contributed by atoms with van der Waals surface area (Å²) in [7, 11) is 0. The highest BCUT2D eigenvalue weighted by Gasteiger charge is 2.09. The number of fused-ring (bicyclic) bond motifs is 1. The summed E-state index contributed by atoms with van der Waals surface area (Å²) in [6.45, 7) is 0.253. The molecule has 2 heterocycles. The van der Waals surface area contributed by atoms with E-state index in [4.69, 9.17) is 33.7 Å². The van der Waals surface area contributed by atoms with Crippen molar-refractivity contribution < 1.29 is 4.74 Å². The predicted octanol–water partition coefficient (Wildman–Crippen LogP) is 3.20. The highest BCUT2D eigenvalue weighted by atomic mass is 35.5. The quantitative estimate of drug-likeness (QED) is 0.807. The minimum atomic E-state index is 0.253. The monoisotopic (exact) mass is 308 g/mol. The maximum Gasteiger partial charge on any atom is 0.184 e. The van der Waals surface area contributed by atoms with Gasteiger partial charge in [-0.1, -0.05) is 23.2 Å². The number of halogens is 2. The first-order chi connectivity index (χ1) is 9.63. The van der Waals surface area contributed by atoms with Gasteiger partial charge in [0.25, 0.3) is 0 Å². The molecule has 0 amide bonds. The summed E-state index contributed by atoms with van der Waals surface area (Å²) in [4.78, 5) is 0. The number of ether oxygens (including phenoxy) is 1. The molecule has 0 spiro atoms. The second kappa shape index (κ2) is 5.19. The number of aromatic nitrogens is 3. The number of nitrogens with two attached hydrogens (primary N) is 1. The number of benzene rings is 1. The van der Waals surface area contributed by atoms with Crippen molar-refractivity contribution >= 4 is 34.5 Å². The molecular formula is C13H10Cl2N4O. The molecule has 1 aromatic carbocycles. The Morgan fingerprint density at radius 1 is 1.10 bits per heavy atom. The summed E-state index contributed by atoms with van der Waals surface area (Å²) in [6, 6.07) is 8.72. The lowest BCUT2D eigenvalue weighted by Crippen LogP contribution is -2.02. The molecule has 3 aromatic rings. The van der Waals surface area contributed by atoms with Crippen LogP contribution >= 0.6 is 23.2 Å². The second-order valence-electron chi connectivity index (χ2n) is 4.17. The largest absolute Gasteiger partial charge is 0.486 e. The number of nitrogen functional groups attached to an aromatic ring is 1. The molecular weight excluding hydrogens is 299 g/mol. The molecule has 0 saturated carbocycles. The molecule has 0 aliphatic carbocycles. The van der Waals surface area contributed by atoms with Crippen molar-refractivity contribution in [3.05, 3.63) is 52.4 Å². The lowest BCUT2D eigenvalue weighted by Gasteiger charge is -2.05. The van der Waals surface area contributed by atoms with E-state index < -0.39 is 0 Å².